The molecule has 6 nitrogen and oxygen atoms in total. The van der Waals surface area contributed by atoms with Crippen molar-refractivity contribution in [3.63, 3.8) is 0 Å². The molecule has 1 heterocycles. The molecule has 5 rings (SSSR count). The number of thioether (sulfide) groups is 1. The number of aromatic nitrogens is 3. The normalized spacial score (nSPS) is 11.4. The highest BCUT2D eigenvalue weighted by Gasteiger charge is 2.23. The van der Waals surface area contributed by atoms with Gasteiger partial charge in [0.25, 0.3) is 0 Å². The van der Waals surface area contributed by atoms with Crippen LogP contribution in [0.5, 0.6) is 0 Å². The van der Waals surface area contributed by atoms with Crippen molar-refractivity contribution in [3.05, 3.63) is 126 Å². The Balaban J connectivity index is 1.37. The Bertz CT molecular complexity index is 1650. The Kier molecular flexibility index (Phi) is 7.53. The predicted octanol–water partition coefficient (Wildman–Crippen LogP) is 6.19. The summed E-state index contributed by atoms with van der Waals surface area (Å²) in [5, 5.41) is 8.94. The molecular weight excluding hydrogens is 514 g/mol. The molecule has 8 heteroatoms. The lowest BCUT2D eigenvalue weighted by atomic mass is 10.0. The van der Waals surface area contributed by atoms with Gasteiger partial charge in [0.1, 0.15) is 5.75 Å². The summed E-state index contributed by atoms with van der Waals surface area (Å²) in [6, 6.07) is 33.6. The van der Waals surface area contributed by atoms with Gasteiger partial charge in [-0.2, -0.15) is 0 Å². The second-order valence-corrected chi connectivity index (χ2v) is 11.7. The number of aryl methyl sites for hydroxylation is 1. The first-order valence-electron chi connectivity index (χ1n) is 12.0. The highest BCUT2D eigenvalue weighted by atomic mass is 32.2. The lowest BCUT2D eigenvalue weighted by Gasteiger charge is -2.11. The van der Waals surface area contributed by atoms with Crippen molar-refractivity contribution in [1.82, 2.24) is 14.8 Å². The molecule has 0 saturated carbocycles. The summed E-state index contributed by atoms with van der Waals surface area (Å²) in [7, 11) is -3.65. The van der Waals surface area contributed by atoms with Crippen LogP contribution in [0.3, 0.4) is 0 Å². The van der Waals surface area contributed by atoms with E-state index in [-0.39, 0.29) is 22.2 Å². The van der Waals surface area contributed by atoms with E-state index in [0.717, 1.165) is 22.4 Å². The topological polar surface area (TPSA) is 81.9 Å². The Morgan fingerprint density at radius 2 is 1.37 bits per heavy atom. The van der Waals surface area contributed by atoms with E-state index >= 15 is 0 Å². The number of hydrogen-bond donors (Lipinski definition) is 0. The van der Waals surface area contributed by atoms with Gasteiger partial charge in [0.05, 0.1) is 10.6 Å². The largest absolute Gasteiger partial charge is 0.293 e. The first kappa shape index (κ1) is 25.6. The average Bonchev–Trinajstić information content (AvgIpc) is 3.34. The maximum absolute atomic E-state index is 13.1. The smallest absolute Gasteiger partial charge is 0.196 e. The molecule has 190 valence electrons. The fourth-order valence-corrected chi connectivity index (χ4v) is 6.12. The molecule has 0 radical (unpaired) electrons. The van der Waals surface area contributed by atoms with Crippen molar-refractivity contribution in [3.8, 4) is 16.8 Å². The highest BCUT2D eigenvalue weighted by molar-refractivity contribution is 7.99. The number of ketones is 1. The molecule has 0 aliphatic heterocycles. The zero-order chi connectivity index (χ0) is 26.5. The van der Waals surface area contributed by atoms with Crippen LogP contribution in [0.25, 0.3) is 16.8 Å². The summed E-state index contributed by atoms with van der Waals surface area (Å²) in [6.07, 6.45) is 0. The third kappa shape index (κ3) is 5.77. The van der Waals surface area contributed by atoms with E-state index in [9.17, 15) is 13.2 Å². The van der Waals surface area contributed by atoms with Crippen molar-refractivity contribution in [1.29, 1.82) is 0 Å². The van der Waals surface area contributed by atoms with Gasteiger partial charge in [0, 0.05) is 11.3 Å². The van der Waals surface area contributed by atoms with Gasteiger partial charge in [-0.3, -0.25) is 9.36 Å². The van der Waals surface area contributed by atoms with Crippen LogP contribution < -0.4 is 0 Å². The minimum Gasteiger partial charge on any atom is -0.293 e. The molecule has 0 spiro atoms. The van der Waals surface area contributed by atoms with Gasteiger partial charge in [-0.1, -0.05) is 102 Å². The maximum Gasteiger partial charge on any atom is 0.196 e. The summed E-state index contributed by atoms with van der Waals surface area (Å²) in [4.78, 5) is 13.2. The molecule has 38 heavy (non-hydrogen) atoms. The number of hydrogen-bond acceptors (Lipinski definition) is 6. The number of para-hydroxylation sites is 1. The van der Waals surface area contributed by atoms with Crippen molar-refractivity contribution in [2.24, 2.45) is 0 Å². The van der Waals surface area contributed by atoms with Crippen molar-refractivity contribution in [2.45, 2.75) is 22.7 Å². The number of sulfone groups is 1. The maximum atomic E-state index is 13.1. The summed E-state index contributed by atoms with van der Waals surface area (Å²) < 4.78 is 28.0. The molecular formula is C30H25N3O3S2. The number of carbonyl (C=O) groups excluding carboxylic acids is 1. The number of carbonyl (C=O) groups is 1. The molecule has 0 saturated heterocycles. The molecule has 0 fully saturated rings. The number of Topliss-reactive ketones (excluding diaryl/α,β-unsaturated/α-hetero) is 1. The van der Waals surface area contributed by atoms with Crippen LogP contribution in [0.4, 0.5) is 0 Å². The van der Waals surface area contributed by atoms with Crippen LogP contribution in [0.2, 0.25) is 0 Å². The summed E-state index contributed by atoms with van der Waals surface area (Å²) in [5.41, 5.74) is 4.44. The Morgan fingerprint density at radius 3 is 2.03 bits per heavy atom. The first-order valence-corrected chi connectivity index (χ1v) is 14.7. The molecule has 0 aliphatic carbocycles. The highest BCUT2D eigenvalue weighted by Crippen LogP contribution is 2.26. The quantitative estimate of drug-likeness (QED) is 0.164. The Morgan fingerprint density at radius 1 is 0.763 bits per heavy atom. The Labute approximate surface area is 226 Å². The van der Waals surface area contributed by atoms with Crippen molar-refractivity contribution in [2.75, 3.05) is 5.75 Å². The summed E-state index contributed by atoms with van der Waals surface area (Å²) >= 11 is 1.23. The fraction of sp³-hybridized carbons (Fsp3) is 0.100. The van der Waals surface area contributed by atoms with E-state index in [1.165, 1.54) is 11.8 Å². The third-order valence-electron chi connectivity index (χ3n) is 6.06. The number of nitrogens with zero attached hydrogens (tertiary/aromatic N) is 3. The predicted molar refractivity (Wildman–Crippen MR) is 150 cm³/mol. The van der Waals surface area contributed by atoms with Crippen LogP contribution in [0.15, 0.2) is 119 Å². The van der Waals surface area contributed by atoms with Gasteiger partial charge in [-0.15, -0.1) is 10.2 Å². The fourth-order valence-electron chi connectivity index (χ4n) is 4.02. The van der Waals surface area contributed by atoms with Crippen LogP contribution >= 0.6 is 11.8 Å². The van der Waals surface area contributed by atoms with E-state index in [4.69, 9.17) is 0 Å². The van der Waals surface area contributed by atoms with Gasteiger partial charge < -0.3 is 0 Å². The molecule has 1 aromatic heterocycles. The second kappa shape index (κ2) is 11.2. The minimum absolute atomic E-state index is 0.0500. The van der Waals surface area contributed by atoms with Crippen LogP contribution in [-0.2, 0) is 15.6 Å². The summed E-state index contributed by atoms with van der Waals surface area (Å²) in [6.45, 7) is 1.91. The van der Waals surface area contributed by atoms with Gasteiger partial charge in [0.15, 0.2) is 26.6 Å². The van der Waals surface area contributed by atoms with Gasteiger partial charge >= 0.3 is 0 Å². The van der Waals surface area contributed by atoms with E-state index in [1.807, 2.05) is 91.9 Å². The molecule has 0 aliphatic rings. The van der Waals surface area contributed by atoms with Crippen LogP contribution in [0, 0.1) is 6.92 Å². The van der Waals surface area contributed by atoms with Crippen molar-refractivity contribution < 1.29 is 13.2 Å². The van der Waals surface area contributed by atoms with Crippen LogP contribution in [-0.4, -0.2) is 34.7 Å². The molecule has 0 unspecified atom stereocenters. The zero-order valence-corrected chi connectivity index (χ0v) is 22.3. The zero-order valence-electron chi connectivity index (χ0n) is 20.7. The monoisotopic (exact) mass is 539 g/mol. The lowest BCUT2D eigenvalue weighted by Crippen LogP contribution is -2.11. The van der Waals surface area contributed by atoms with E-state index < -0.39 is 9.84 Å². The Hall–Kier alpha value is -4.01. The number of rotatable bonds is 9. The van der Waals surface area contributed by atoms with Crippen LogP contribution in [0.1, 0.15) is 21.7 Å². The molecule has 0 atom stereocenters. The molecule has 0 amide bonds. The lowest BCUT2D eigenvalue weighted by molar-refractivity contribution is 0.102. The van der Waals surface area contributed by atoms with Crippen molar-refractivity contribution >= 4 is 27.4 Å². The van der Waals surface area contributed by atoms with Gasteiger partial charge in [-0.25, -0.2) is 8.42 Å². The van der Waals surface area contributed by atoms with E-state index in [0.29, 0.717) is 16.5 Å². The average molecular weight is 540 g/mol. The molecule has 0 bridgehead atoms. The first-order chi connectivity index (χ1) is 18.4. The number of benzene rings is 4. The van der Waals surface area contributed by atoms with E-state index in [1.54, 1.807) is 28.8 Å². The van der Waals surface area contributed by atoms with Gasteiger partial charge in [-0.05, 0) is 42.3 Å². The molecule has 5 aromatic rings. The van der Waals surface area contributed by atoms with E-state index in [2.05, 4.69) is 10.2 Å². The SMILES string of the molecule is Cc1ccc(S(=O)(=O)Cc2nnc(SCC(=O)c3ccc(-c4ccccc4)cc3)n2-c2ccccc2)cc1. The summed E-state index contributed by atoms with van der Waals surface area (Å²) in [5.74, 6) is 0.0679. The van der Waals surface area contributed by atoms with Gasteiger partial charge in [0.2, 0.25) is 0 Å². The molecule has 0 N–H and O–H groups in total. The molecule has 4 aromatic carbocycles. The standard InChI is InChI=1S/C30H25N3O3S2/c1-22-12-18-27(19-13-22)38(35,36)21-29-31-32-30(33(29)26-10-6-3-7-11-26)37-20-28(34)25-16-14-24(15-17-25)23-8-4-2-5-9-23/h2-19H,20-21H2,1H3. The third-order valence-corrected chi connectivity index (χ3v) is 8.62. The second-order valence-electron chi connectivity index (χ2n) is 8.80. The minimum atomic E-state index is -3.65.